The molecule has 2 atom stereocenters. The lowest BCUT2D eigenvalue weighted by molar-refractivity contribution is -0.145. The van der Waals surface area contributed by atoms with Crippen molar-refractivity contribution < 1.29 is 19.4 Å². The van der Waals surface area contributed by atoms with E-state index in [9.17, 15) is 14.7 Å². The second kappa shape index (κ2) is 5.60. The maximum Gasteiger partial charge on any atom is 0.346 e. The molecule has 1 N–H and O–H groups in total. The Morgan fingerprint density at radius 3 is 2.76 bits per heavy atom. The fourth-order valence-corrected chi connectivity index (χ4v) is 2.81. The molecule has 1 aliphatic heterocycles. The van der Waals surface area contributed by atoms with Crippen LogP contribution >= 0.6 is 0 Å². The van der Waals surface area contributed by atoms with E-state index in [2.05, 4.69) is 6.08 Å². The molecule has 0 spiro atoms. The predicted molar refractivity (Wildman–Crippen MR) is 77.3 cm³/mol. The average molecular weight is 287 g/mol. The number of ether oxygens (including phenoxy) is 1. The molecule has 0 radical (unpaired) electrons. The van der Waals surface area contributed by atoms with E-state index in [1.54, 1.807) is 23.1 Å². The van der Waals surface area contributed by atoms with Crippen LogP contribution in [0.4, 0.5) is 5.69 Å². The van der Waals surface area contributed by atoms with Gasteiger partial charge in [-0.2, -0.15) is 0 Å². The highest BCUT2D eigenvalue weighted by atomic mass is 16.5. The van der Waals surface area contributed by atoms with Crippen molar-refractivity contribution in [2.75, 3.05) is 11.4 Å². The van der Waals surface area contributed by atoms with Crippen LogP contribution in [0.5, 0.6) is 5.75 Å². The Hall–Kier alpha value is -2.30. The summed E-state index contributed by atoms with van der Waals surface area (Å²) >= 11 is 0. The topological polar surface area (TPSA) is 66.8 Å². The summed E-state index contributed by atoms with van der Waals surface area (Å²) in [6.45, 7) is 0.0609. The van der Waals surface area contributed by atoms with E-state index >= 15 is 0 Å². The van der Waals surface area contributed by atoms with Gasteiger partial charge in [0.25, 0.3) is 0 Å². The number of fused-ring (bicyclic) bond motifs is 1. The number of para-hydroxylation sites is 2. The molecule has 110 valence electrons. The van der Waals surface area contributed by atoms with Gasteiger partial charge >= 0.3 is 5.97 Å². The summed E-state index contributed by atoms with van der Waals surface area (Å²) in [4.78, 5) is 25.5. The van der Waals surface area contributed by atoms with Gasteiger partial charge in [-0.1, -0.05) is 24.3 Å². The van der Waals surface area contributed by atoms with E-state index in [4.69, 9.17) is 4.74 Å². The first-order valence-electron chi connectivity index (χ1n) is 7.11. The molecule has 0 aromatic heterocycles. The van der Waals surface area contributed by atoms with Crippen LogP contribution in [-0.2, 0) is 9.59 Å². The number of benzene rings is 1. The molecule has 0 saturated carbocycles. The van der Waals surface area contributed by atoms with E-state index < -0.39 is 12.1 Å². The van der Waals surface area contributed by atoms with Crippen LogP contribution in [0.1, 0.15) is 19.3 Å². The zero-order valence-electron chi connectivity index (χ0n) is 11.6. The van der Waals surface area contributed by atoms with E-state index in [0.717, 1.165) is 19.3 Å². The van der Waals surface area contributed by atoms with Crippen LogP contribution in [0, 0.1) is 5.92 Å². The van der Waals surface area contributed by atoms with Gasteiger partial charge in [-0.3, -0.25) is 4.79 Å². The third-order valence-corrected chi connectivity index (χ3v) is 3.93. The van der Waals surface area contributed by atoms with Crippen LogP contribution in [0.25, 0.3) is 0 Å². The van der Waals surface area contributed by atoms with Gasteiger partial charge in [0, 0.05) is 5.92 Å². The Labute approximate surface area is 122 Å². The van der Waals surface area contributed by atoms with Crippen molar-refractivity contribution in [1.82, 2.24) is 0 Å². The SMILES string of the molecule is O=C(O)[C@H]1CN(C(=O)[C@H]2CC=CCC2)c2ccccc2O1. The number of carbonyl (C=O) groups excluding carboxylic acids is 1. The Bertz CT molecular complexity index is 596. The van der Waals surface area contributed by atoms with Gasteiger partial charge in [-0.05, 0) is 31.4 Å². The molecule has 0 bridgehead atoms. The molecule has 0 unspecified atom stereocenters. The first-order valence-corrected chi connectivity index (χ1v) is 7.11. The molecule has 5 nitrogen and oxygen atoms in total. The minimum Gasteiger partial charge on any atom is -0.478 e. The molecular formula is C16H17NO4. The number of hydrogen-bond acceptors (Lipinski definition) is 3. The standard InChI is InChI=1S/C16H17NO4/c18-15(11-6-2-1-3-7-11)17-10-14(16(19)20)21-13-9-5-4-8-12(13)17/h1-2,4-5,8-9,11,14H,3,6-7,10H2,(H,19,20)/t11-,14+/m0/s1. The zero-order valence-corrected chi connectivity index (χ0v) is 11.6. The first-order chi connectivity index (χ1) is 10.2. The molecule has 1 aliphatic carbocycles. The van der Waals surface area contributed by atoms with Crippen molar-refractivity contribution >= 4 is 17.6 Å². The van der Waals surface area contributed by atoms with Crippen LogP contribution in [-0.4, -0.2) is 29.6 Å². The van der Waals surface area contributed by atoms with Gasteiger partial charge in [0.05, 0.1) is 12.2 Å². The van der Waals surface area contributed by atoms with Crippen molar-refractivity contribution in [2.24, 2.45) is 5.92 Å². The predicted octanol–water partition coefficient (Wildman–Crippen LogP) is 2.22. The van der Waals surface area contributed by atoms with Gasteiger partial charge < -0.3 is 14.7 Å². The van der Waals surface area contributed by atoms with Crippen LogP contribution in [0.2, 0.25) is 0 Å². The highest BCUT2D eigenvalue weighted by molar-refractivity contribution is 5.98. The average Bonchev–Trinajstić information content (AvgIpc) is 2.54. The van der Waals surface area contributed by atoms with Gasteiger partial charge in [0.1, 0.15) is 5.75 Å². The summed E-state index contributed by atoms with van der Waals surface area (Å²) in [6.07, 6.45) is 5.51. The molecule has 1 aromatic carbocycles. The van der Waals surface area contributed by atoms with Crippen molar-refractivity contribution in [3.8, 4) is 5.75 Å². The molecule has 1 heterocycles. The number of hydrogen-bond donors (Lipinski definition) is 1. The molecule has 0 saturated heterocycles. The number of nitrogens with zero attached hydrogens (tertiary/aromatic N) is 1. The van der Waals surface area contributed by atoms with Crippen LogP contribution in [0.15, 0.2) is 36.4 Å². The van der Waals surface area contributed by atoms with Crippen molar-refractivity contribution in [2.45, 2.75) is 25.4 Å². The maximum atomic E-state index is 12.7. The minimum absolute atomic E-state index is 0.0126. The number of amides is 1. The molecule has 21 heavy (non-hydrogen) atoms. The van der Waals surface area contributed by atoms with Gasteiger partial charge in [0.15, 0.2) is 0 Å². The highest BCUT2D eigenvalue weighted by Gasteiger charge is 2.36. The van der Waals surface area contributed by atoms with Crippen LogP contribution < -0.4 is 9.64 Å². The van der Waals surface area contributed by atoms with Crippen molar-refractivity contribution in [3.05, 3.63) is 36.4 Å². The van der Waals surface area contributed by atoms with E-state index in [0.29, 0.717) is 11.4 Å². The first kappa shape index (κ1) is 13.7. The molecule has 1 amide bonds. The largest absolute Gasteiger partial charge is 0.478 e. The molecule has 5 heteroatoms. The summed E-state index contributed by atoms with van der Waals surface area (Å²) < 4.78 is 5.45. The number of carboxylic acids is 1. The lowest BCUT2D eigenvalue weighted by Gasteiger charge is -2.35. The Morgan fingerprint density at radius 2 is 2.05 bits per heavy atom. The van der Waals surface area contributed by atoms with E-state index in [1.807, 2.05) is 12.1 Å². The second-order valence-corrected chi connectivity index (χ2v) is 5.34. The quantitative estimate of drug-likeness (QED) is 0.847. The lowest BCUT2D eigenvalue weighted by atomic mass is 9.92. The van der Waals surface area contributed by atoms with Crippen LogP contribution in [0.3, 0.4) is 0 Å². The highest BCUT2D eigenvalue weighted by Crippen LogP contribution is 2.35. The second-order valence-electron chi connectivity index (χ2n) is 5.34. The monoisotopic (exact) mass is 287 g/mol. The fourth-order valence-electron chi connectivity index (χ4n) is 2.81. The molecular weight excluding hydrogens is 270 g/mol. The zero-order chi connectivity index (χ0) is 14.8. The third kappa shape index (κ3) is 2.63. The van der Waals surface area contributed by atoms with E-state index in [-0.39, 0.29) is 18.4 Å². The summed E-state index contributed by atoms with van der Waals surface area (Å²) in [6, 6.07) is 7.09. The number of allylic oxidation sites excluding steroid dienone is 2. The summed E-state index contributed by atoms with van der Waals surface area (Å²) in [5.74, 6) is -0.682. The molecule has 3 rings (SSSR count). The number of anilines is 1. The number of aliphatic carboxylic acids is 1. The molecule has 0 fully saturated rings. The lowest BCUT2D eigenvalue weighted by Crippen LogP contribution is -2.49. The summed E-state index contributed by atoms with van der Waals surface area (Å²) in [5, 5.41) is 9.20. The number of carbonyl (C=O) groups is 2. The smallest absolute Gasteiger partial charge is 0.346 e. The molecule has 2 aliphatic rings. The molecule has 1 aromatic rings. The van der Waals surface area contributed by atoms with Gasteiger partial charge in [-0.25, -0.2) is 4.79 Å². The van der Waals surface area contributed by atoms with Crippen molar-refractivity contribution in [1.29, 1.82) is 0 Å². The number of rotatable bonds is 2. The number of carboxylic acid groups (broad SMARTS) is 1. The maximum absolute atomic E-state index is 12.7. The third-order valence-electron chi connectivity index (χ3n) is 3.93. The summed E-state index contributed by atoms with van der Waals surface area (Å²) in [7, 11) is 0. The van der Waals surface area contributed by atoms with Crippen molar-refractivity contribution in [3.63, 3.8) is 0 Å². The normalized spacial score (nSPS) is 24.1. The Morgan fingerprint density at radius 1 is 1.24 bits per heavy atom. The summed E-state index contributed by atoms with van der Waals surface area (Å²) in [5.41, 5.74) is 0.662. The fraction of sp³-hybridized carbons (Fsp3) is 0.375. The minimum atomic E-state index is -1.05. The van der Waals surface area contributed by atoms with Gasteiger partial charge in [0.2, 0.25) is 12.0 Å². The van der Waals surface area contributed by atoms with Gasteiger partial charge in [-0.15, -0.1) is 0 Å². The van der Waals surface area contributed by atoms with E-state index in [1.165, 1.54) is 0 Å². The Kier molecular flexibility index (Phi) is 3.64. The Balaban J connectivity index is 1.90.